The monoisotopic (exact) mass is 798 g/mol. The summed E-state index contributed by atoms with van der Waals surface area (Å²) in [6, 6.07) is 63.2. The SMILES string of the molecule is C=CC1=C(/C=C\C)c2ccc(N(c3ccc4ccccc4c3)c3ccc4c(c3)c3c5ccccc5c5c6ccccc6sc5c3n4-c3cccc4ccccc34)cc2C1(C)C. The van der Waals surface area contributed by atoms with Crippen molar-refractivity contribution in [3.63, 3.8) is 0 Å². The number of nitrogens with zero attached hydrogens (tertiary/aromatic N) is 2. The summed E-state index contributed by atoms with van der Waals surface area (Å²) in [4.78, 5) is 2.46. The highest BCUT2D eigenvalue weighted by Crippen LogP contribution is 2.52. The van der Waals surface area contributed by atoms with Crippen molar-refractivity contribution in [1.29, 1.82) is 0 Å². The summed E-state index contributed by atoms with van der Waals surface area (Å²) in [5.74, 6) is 0. The molecule has 2 heterocycles. The molecule has 0 N–H and O–H groups in total. The predicted molar refractivity (Wildman–Crippen MR) is 266 cm³/mol. The Morgan fingerprint density at radius 3 is 2.02 bits per heavy atom. The summed E-state index contributed by atoms with van der Waals surface area (Å²) in [7, 11) is 0. The molecule has 11 aromatic rings. The third-order valence-electron chi connectivity index (χ3n) is 13.2. The molecular formula is C58H42N2S. The first kappa shape index (κ1) is 35.7. The second-order valence-corrected chi connectivity index (χ2v) is 17.9. The zero-order valence-corrected chi connectivity index (χ0v) is 35.2. The number of benzene rings is 9. The minimum absolute atomic E-state index is 0.207. The van der Waals surface area contributed by atoms with Crippen LogP contribution in [0.15, 0.2) is 200 Å². The average Bonchev–Trinajstić information content (AvgIpc) is 3.92. The largest absolute Gasteiger partial charge is 0.310 e. The number of aromatic nitrogens is 1. The Morgan fingerprint density at radius 2 is 1.21 bits per heavy atom. The summed E-state index contributed by atoms with van der Waals surface area (Å²) < 4.78 is 5.18. The van der Waals surface area contributed by atoms with E-state index in [9.17, 15) is 0 Å². The average molecular weight is 799 g/mol. The van der Waals surface area contributed by atoms with Crippen molar-refractivity contribution >= 4 is 108 Å². The summed E-state index contributed by atoms with van der Waals surface area (Å²) in [6.07, 6.45) is 6.43. The third-order valence-corrected chi connectivity index (χ3v) is 14.4. The van der Waals surface area contributed by atoms with Crippen LogP contribution >= 0.6 is 11.3 Å². The standard InChI is InChI=1S/C58H42N2S/c1-5-16-43-44-31-29-41(35-50(44)58(3,4)49(43)6-2)59(39-28-27-36-17-7-8-19-38(36)33-39)40-30-32-52-48(34-40)54-45-22-11-12-23-46(45)55-47-24-13-14-26-53(47)61-57(55)56(54)60(52)51-25-15-20-37-18-9-10-21-42(37)51/h5-35H,2H2,1,3-4H3/b16-5-. The van der Waals surface area contributed by atoms with Crippen LogP contribution in [0.3, 0.4) is 0 Å². The normalized spacial score (nSPS) is 13.9. The van der Waals surface area contributed by atoms with E-state index in [0.29, 0.717) is 0 Å². The van der Waals surface area contributed by atoms with E-state index in [4.69, 9.17) is 0 Å². The number of anilines is 3. The first-order valence-corrected chi connectivity index (χ1v) is 22.0. The molecule has 0 unspecified atom stereocenters. The topological polar surface area (TPSA) is 8.17 Å². The Hall–Kier alpha value is -7.20. The summed E-state index contributed by atoms with van der Waals surface area (Å²) >= 11 is 1.91. The molecule has 0 atom stereocenters. The molecule has 0 spiro atoms. The third kappa shape index (κ3) is 5.14. The van der Waals surface area contributed by atoms with E-state index in [0.717, 1.165) is 17.1 Å². The molecule has 9 aromatic carbocycles. The van der Waals surface area contributed by atoms with Gasteiger partial charge >= 0.3 is 0 Å². The van der Waals surface area contributed by atoms with Gasteiger partial charge in [-0.1, -0.05) is 154 Å². The molecule has 0 saturated heterocycles. The number of rotatable bonds is 6. The summed E-state index contributed by atoms with van der Waals surface area (Å²) in [5, 5.41) is 12.6. The van der Waals surface area contributed by atoms with Crippen molar-refractivity contribution in [2.75, 3.05) is 4.90 Å². The van der Waals surface area contributed by atoms with Crippen LogP contribution in [0.4, 0.5) is 17.1 Å². The van der Waals surface area contributed by atoms with Crippen LogP contribution in [0.1, 0.15) is 31.9 Å². The minimum atomic E-state index is -0.207. The van der Waals surface area contributed by atoms with Gasteiger partial charge in [0.25, 0.3) is 0 Å². The van der Waals surface area contributed by atoms with Gasteiger partial charge in [-0.25, -0.2) is 0 Å². The molecule has 0 amide bonds. The molecule has 0 saturated carbocycles. The maximum Gasteiger partial charge on any atom is 0.0726 e. The first-order chi connectivity index (χ1) is 29.9. The Balaban J connectivity index is 1.20. The number of fused-ring (bicyclic) bond motifs is 13. The maximum absolute atomic E-state index is 4.28. The van der Waals surface area contributed by atoms with Gasteiger partial charge in [-0.05, 0) is 111 Å². The quantitative estimate of drug-likeness (QED) is 0.163. The van der Waals surface area contributed by atoms with Crippen molar-refractivity contribution in [1.82, 2.24) is 4.57 Å². The highest BCUT2D eigenvalue weighted by atomic mass is 32.1. The van der Waals surface area contributed by atoms with Gasteiger partial charge < -0.3 is 9.47 Å². The van der Waals surface area contributed by atoms with Crippen molar-refractivity contribution in [3.8, 4) is 5.69 Å². The zero-order valence-electron chi connectivity index (χ0n) is 34.4. The molecule has 2 nitrogen and oxygen atoms in total. The Labute approximate surface area is 359 Å². The molecule has 2 aromatic heterocycles. The van der Waals surface area contributed by atoms with Gasteiger partial charge in [0.05, 0.1) is 21.4 Å². The lowest BCUT2D eigenvalue weighted by Gasteiger charge is -2.29. The highest BCUT2D eigenvalue weighted by molar-refractivity contribution is 7.27. The molecule has 3 heteroatoms. The van der Waals surface area contributed by atoms with Crippen LogP contribution in [0.2, 0.25) is 0 Å². The number of hydrogen-bond acceptors (Lipinski definition) is 2. The van der Waals surface area contributed by atoms with E-state index in [1.165, 1.54) is 102 Å². The van der Waals surface area contributed by atoms with Crippen molar-refractivity contribution in [2.24, 2.45) is 0 Å². The molecular weight excluding hydrogens is 757 g/mol. The van der Waals surface area contributed by atoms with E-state index in [-0.39, 0.29) is 5.41 Å². The van der Waals surface area contributed by atoms with Gasteiger partial charge in [0.1, 0.15) is 0 Å². The van der Waals surface area contributed by atoms with Crippen LogP contribution in [-0.4, -0.2) is 4.57 Å². The Kier molecular flexibility index (Phi) is 7.85. The summed E-state index contributed by atoms with van der Waals surface area (Å²) in [5.41, 5.74) is 11.9. The highest BCUT2D eigenvalue weighted by Gasteiger charge is 2.36. The summed E-state index contributed by atoms with van der Waals surface area (Å²) in [6.45, 7) is 11.0. The van der Waals surface area contributed by atoms with E-state index in [2.05, 4.69) is 219 Å². The molecule has 1 aliphatic carbocycles. The van der Waals surface area contributed by atoms with Gasteiger partial charge in [0.15, 0.2) is 0 Å². The minimum Gasteiger partial charge on any atom is -0.310 e. The molecule has 1 aliphatic rings. The maximum atomic E-state index is 4.28. The van der Waals surface area contributed by atoms with Crippen molar-refractivity contribution < 1.29 is 0 Å². The lowest BCUT2D eigenvalue weighted by Crippen LogP contribution is -2.17. The second-order valence-electron chi connectivity index (χ2n) is 16.9. The molecule has 61 heavy (non-hydrogen) atoms. The van der Waals surface area contributed by atoms with Crippen LogP contribution in [0.25, 0.3) is 85.6 Å². The van der Waals surface area contributed by atoms with Crippen molar-refractivity contribution in [3.05, 3.63) is 211 Å². The molecule has 0 radical (unpaired) electrons. The van der Waals surface area contributed by atoms with E-state index < -0.39 is 0 Å². The lowest BCUT2D eigenvalue weighted by atomic mass is 9.81. The van der Waals surface area contributed by atoms with Crippen LogP contribution < -0.4 is 4.90 Å². The fourth-order valence-corrected chi connectivity index (χ4v) is 11.7. The molecule has 0 aliphatic heterocycles. The molecule has 12 rings (SSSR count). The fourth-order valence-electron chi connectivity index (χ4n) is 10.5. The molecule has 0 fully saturated rings. The van der Waals surface area contributed by atoms with Gasteiger partial charge in [0, 0.05) is 54.1 Å². The number of hydrogen-bond donors (Lipinski definition) is 0. The van der Waals surface area contributed by atoms with Crippen LogP contribution in [-0.2, 0) is 5.41 Å². The van der Waals surface area contributed by atoms with Gasteiger partial charge in [-0.2, -0.15) is 0 Å². The first-order valence-electron chi connectivity index (χ1n) is 21.2. The van der Waals surface area contributed by atoms with Gasteiger partial charge in [0.2, 0.25) is 0 Å². The Bertz CT molecular complexity index is 3710. The van der Waals surface area contributed by atoms with Gasteiger partial charge in [-0.15, -0.1) is 11.3 Å². The lowest BCUT2D eigenvalue weighted by molar-refractivity contribution is 0.654. The van der Waals surface area contributed by atoms with E-state index in [1.807, 2.05) is 17.4 Å². The molecule has 290 valence electrons. The fraction of sp³-hybridized carbons (Fsp3) is 0.0690. The smallest absolute Gasteiger partial charge is 0.0726 e. The number of thiophene rings is 1. The van der Waals surface area contributed by atoms with Crippen LogP contribution in [0.5, 0.6) is 0 Å². The van der Waals surface area contributed by atoms with Gasteiger partial charge in [-0.3, -0.25) is 0 Å². The van der Waals surface area contributed by atoms with E-state index >= 15 is 0 Å². The van der Waals surface area contributed by atoms with E-state index in [1.54, 1.807) is 0 Å². The molecule has 0 bridgehead atoms. The van der Waals surface area contributed by atoms with Crippen molar-refractivity contribution in [2.45, 2.75) is 26.2 Å². The second kappa shape index (κ2) is 13.4. The number of allylic oxidation sites excluding steroid dienone is 5. The Morgan fingerprint density at radius 1 is 0.574 bits per heavy atom. The van der Waals surface area contributed by atoms with Crippen LogP contribution in [0, 0.1) is 0 Å². The zero-order chi connectivity index (χ0) is 41.0. The predicted octanol–water partition coefficient (Wildman–Crippen LogP) is 16.9.